The van der Waals surface area contributed by atoms with E-state index in [1.807, 2.05) is 12.1 Å². The van der Waals surface area contributed by atoms with Crippen LogP contribution in [0.4, 0.5) is 5.69 Å². The first-order chi connectivity index (χ1) is 10.6. The van der Waals surface area contributed by atoms with Crippen molar-refractivity contribution in [3.05, 3.63) is 29.8 Å². The van der Waals surface area contributed by atoms with Crippen molar-refractivity contribution in [2.45, 2.75) is 40.0 Å². The fourth-order valence-electron chi connectivity index (χ4n) is 2.11. The molecule has 0 radical (unpaired) electrons. The highest BCUT2D eigenvalue weighted by molar-refractivity contribution is 7.92. The predicted octanol–water partition coefficient (Wildman–Crippen LogP) is 2.74. The molecule has 0 aliphatic heterocycles. The molecule has 0 spiro atoms. The summed E-state index contributed by atoms with van der Waals surface area (Å²) in [5.74, 6) is 0.573. The molecule has 0 aliphatic rings. The fourth-order valence-corrected chi connectivity index (χ4v) is 2.97. The Morgan fingerprint density at radius 2 is 1.70 bits per heavy atom. The van der Waals surface area contributed by atoms with E-state index in [0.29, 0.717) is 24.1 Å². The molecule has 0 atom stereocenters. The summed E-state index contributed by atoms with van der Waals surface area (Å²) in [6, 6.07) is 7.29. The van der Waals surface area contributed by atoms with Crippen molar-refractivity contribution < 1.29 is 13.2 Å². The molecule has 1 N–H and O–H groups in total. The third-order valence-corrected chi connectivity index (χ3v) is 4.72. The molecule has 0 unspecified atom stereocenters. The van der Waals surface area contributed by atoms with E-state index in [1.165, 1.54) is 0 Å². The number of nitrogens with zero attached hydrogens (tertiary/aromatic N) is 1. The fraction of sp³-hybridized carbons (Fsp3) is 0.588. The van der Waals surface area contributed by atoms with Crippen LogP contribution in [0.2, 0.25) is 0 Å². The van der Waals surface area contributed by atoms with Crippen LogP contribution in [-0.2, 0) is 14.8 Å². The third-order valence-electron chi connectivity index (χ3n) is 3.58. The largest absolute Gasteiger partial charge is 0.355 e. The second kappa shape index (κ2) is 8.34. The van der Waals surface area contributed by atoms with Crippen LogP contribution < -0.4 is 9.62 Å². The van der Waals surface area contributed by atoms with Crippen molar-refractivity contribution in [3.63, 3.8) is 0 Å². The van der Waals surface area contributed by atoms with Gasteiger partial charge in [-0.1, -0.05) is 39.8 Å². The average molecular weight is 340 g/mol. The van der Waals surface area contributed by atoms with Crippen LogP contribution >= 0.6 is 0 Å². The first-order valence-corrected chi connectivity index (χ1v) is 9.80. The summed E-state index contributed by atoms with van der Waals surface area (Å²) in [5.41, 5.74) is 1.64. The minimum atomic E-state index is -3.51. The summed E-state index contributed by atoms with van der Waals surface area (Å²) in [7, 11) is -3.51. The van der Waals surface area contributed by atoms with Crippen LogP contribution in [0.5, 0.6) is 0 Å². The van der Waals surface area contributed by atoms with Gasteiger partial charge in [-0.05, 0) is 36.0 Å². The number of amides is 1. The van der Waals surface area contributed by atoms with Crippen molar-refractivity contribution in [1.29, 1.82) is 0 Å². The first-order valence-electron chi connectivity index (χ1n) is 7.95. The molecule has 1 rings (SSSR count). The highest BCUT2D eigenvalue weighted by Gasteiger charge is 2.20. The quantitative estimate of drug-likeness (QED) is 0.791. The van der Waals surface area contributed by atoms with Gasteiger partial charge in [-0.15, -0.1) is 0 Å². The highest BCUT2D eigenvalue weighted by atomic mass is 32.2. The lowest BCUT2D eigenvalue weighted by molar-refractivity contribution is -0.119. The summed E-state index contributed by atoms with van der Waals surface area (Å²) in [5, 5.41) is 2.77. The molecule has 0 saturated heterocycles. The van der Waals surface area contributed by atoms with Crippen LogP contribution in [0.1, 0.15) is 45.6 Å². The monoisotopic (exact) mass is 340 g/mol. The van der Waals surface area contributed by atoms with E-state index >= 15 is 0 Å². The molecule has 1 aromatic rings. The number of rotatable bonds is 8. The maximum Gasteiger partial charge on any atom is 0.240 e. The Bertz CT molecular complexity index is 607. The van der Waals surface area contributed by atoms with Gasteiger partial charge in [-0.25, -0.2) is 8.42 Å². The molecule has 1 amide bonds. The lowest BCUT2D eigenvalue weighted by Gasteiger charge is -2.22. The van der Waals surface area contributed by atoms with Crippen LogP contribution in [0.25, 0.3) is 0 Å². The van der Waals surface area contributed by atoms with Crippen molar-refractivity contribution in [1.82, 2.24) is 5.32 Å². The van der Waals surface area contributed by atoms with Crippen LogP contribution in [-0.4, -0.2) is 33.7 Å². The third kappa shape index (κ3) is 6.60. The predicted molar refractivity (Wildman–Crippen MR) is 95.2 cm³/mol. The normalized spacial score (nSPS) is 11.8. The van der Waals surface area contributed by atoms with Crippen LogP contribution in [0.15, 0.2) is 24.3 Å². The molecular formula is C17H28N2O3S. The molecule has 5 nitrogen and oxygen atoms in total. The second-order valence-electron chi connectivity index (χ2n) is 6.55. The Hall–Kier alpha value is -1.56. The number of hydrogen-bond donors (Lipinski definition) is 1. The van der Waals surface area contributed by atoms with E-state index in [4.69, 9.17) is 0 Å². The minimum absolute atomic E-state index is 0.196. The average Bonchev–Trinajstić information content (AvgIpc) is 2.43. The van der Waals surface area contributed by atoms with E-state index in [9.17, 15) is 13.2 Å². The Kier molecular flexibility index (Phi) is 7.06. The Morgan fingerprint density at radius 3 is 2.13 bits per heavy atom. The number of benzene rings is 1. The zero-order chi connectivity index (χ0) is 17.6. The van der Waals surface area contributed by atoms with Crippen LogP contribution in [0.3, 0.4) is 0 Å². The molecular weight excluding hydrogens is 312 g/mol. The van der Waals surface area contributed by atoms with Gasteiger partial charge in [0.2, 0.25) is 15.9 Å². The van der Waals surface area contributed by atoms with Crippen molar-refractivity contribution in [2.24, 2.45) is 5.92 Å². The molecule has 0 bridgehead atoms. The van der Waals surface area contributed by atoms with E-state index in [0.717, 1.165) is 22.5 Å². The number of carbonyl (C=O) groups is 1. The van der Waals surface area contributed by atoms with Crippen molar-refractivity contribution in [3.8, 4) is 0 Å². The van der Waals surface area contributed by atoms with Gasteiger partial charge in [0.25, 0.3) is 0 Å². The van der Waals surface area contributed by atoms with E-state index < -0.39 is 10.0 Å². The molecule has 0 aromatic heterocycles. The molecule has 130 valence electrons. The maximum absolute atomic E-state index is 12.0. The van der Waals surface area contributed by atoms with Gasteiger partial charge in [0.1, 0.15) is 6.54 Å². The van der Waals surface area contributed by atoms with Gasteiger partial charge in [-0.3, -0.25) is 9.10 Å². The molecule has 0 fully saturated rings. The smallest absolute Gasteiger partial charge is 0.240 e. The van der Waals surface area contributed by atoms with Gasteiger partial charge in [0.05, 0.1) is 11.9 Å². The van der Waals surface area contributed by atoms with Gasteiger partial charge in [-0.2, -0.15) is 0 Å². The summed E-state index contributed by atoms with van der Waals surface area (Å²) < 4.78 is 25.2. The molecule has 0 saturated carbocycles. The molecule has 0 heterocycles. The lowest BCUT2D eigenvalue weighted by atomic mass is 10.0. The Balaban J connectivity index is 2.83. The lowest BCUT2D eigenvalue weighted by Crippen LogP contribution is -2.40. The van der Waals surface area contributed by atoms with E-state index in [1.54, 1.807) is 12.1 Å². The zero-order valence-electron chi connectivity index (χ0n) is 14.7. The number of sulfonamides is 1. The second-order valence-corrected chi connectivity index (χ2v) is 8.46. The Labute approximate surface area is 140 Å². The number of hydrogen-bond acceptors (Lipinski definition) is 3. The SMILES string of the molecule is CC(C)CCNC(=O)CN(c1ccc(C(C)C)cc1)S(C)(=O)=O. The molecule has 1 aromatic carbocycles. The molecule has 0 aliphatic carbocycles. The summed E-state index contributed by atoms with van der Waals surface area (Å²) in [6.45, 7) is 8.66. The topological polar surface area (TPSA) is 66.5 Å². The summed E-state index contributed by atoms with van der Waals surface area (Å²) in [4.78, 5) is 12.0. The standard InChI is InChI=1S/C17H28N2O3S/c1-13(2)10-11-18-17(20)12-19(23(5,21)22)16-8-6-15(7-9-16)14(3)4/h6-9,13-14H,10-12H2,1-5H3,(H,18,20). The van der Waals surface area contributed by atoms with Crippen LogP contribution in [0, 0.1) is 5.92 Å². The summed E-state index contributed by atoms with van der Waals surface area (Å²) in [6.07, 6.45) is 1.98. The summed E-state index contributed by atoms with van der Waals surface area (Å²) >= 11 is 0. The zero-order valence-corrected chi connectivity index (χ0v) is 15.5. The number of anilines is 1. The Morgan fingerprint density at radius 1 is 1.13 bits per heavy atom. The van der Waals surface area contributed by atoms with E-state index in [-0.39, 0.29) is 12.5 Å². The number of nitrogens with one attached hydrogen (secondary N) is 1. The maximum atomic E-state index is 12.0. The minimum Gasteiger partial charge on any atom is -0.355 e. The van der Waals surface area contributed by atoms with E-state index in [2.05, 4.69) is 33.0 Å². The van der Waals surface area contributed by atoms with Crippen molar-refractivity contribution >= 4 is 21.6 Å². The first kappa shape index (κ1) is 19.5. The van der Waals surface area contributed by atoms with Gasteiger partial charge in [0, 0.05) is 6.54 Å². The van der Waals surface area contributed by atoms with Crippen molar-refractivity contribution in [2.75, 3.05) is 23.7 Å². The molecule has 6 heteroatoms. The van der Waals surface area contributed by atoms with Gasteiger partial charge >= 0.3 is 0 Å². The number of carbonyl (C=O) groups excluding carboxylic acids is 1. The van der Waals surface area contributed by atoms with Gasteiger partial charge in [0.15, 0.2) is 0 Å². The van der Waals surface area contributed by atoms with Gasteiger partial charge < -0.3 is 5.32 Å². The molecule has 23 heavy (non-hydrogen) atoms. The highest BCUT2D eigenvalue weighted by Crippen LogP contribution is 2.21.